The van der Waals surface area contributed by atoms with Gasteiger partial charge in [-0.15, -0.1) is 0 Å². The van der Waals surface area contributed by atoms with Crippen LogP contribution in [-0.2, 0) is 17.1 Å². The second kappa shape index (κ2) is 5.10. The van der Waals surface area contributed by atoms with E-state index in [0.29, 0.717) is 0 Å². The summed E-state index contributed by atoms with van der Waals surface area (Å²) in [5.74, 6) is 0.307. The number of nitrogens with zero attached hydrogens (tertiary/aromatic N) is 3. The van der Waals surface area contributed by atoms with Gasteiger partial charge in [0.2, 0.25) is 10.0 Å². The highest BCUT2D eigenvalue weighted by Crippen LogP contribution is 2.20. The quantitative estimate of drug-likeness (QED) is 0.790. The monoisotopic (exact) mass is 287 g/mol. The minimum absolute atomic E-state index is 0.0376. The van der Waals surface area contributed by atoms with Gasteiger partial charge in [-0.2, -0.15) is 5.10 Å². The second-order valence-electron chi connectivity index (χ2n) is 5.31. The number of sulfonamides is 1. The third-order valence-corrected chi connectivity index (χ3v) is 5.03. The molecule has 0 spiro atoms. The number of anilines is 1. The van der Waals surface area contributed by atoms with Crippen LogP contribution in [0.3, 0.4) is 0 Å². The van der Waals surface area contributed by atoms with Crippen molar-refractivity contribution in [1.29, 1.82) is 0 Å². The van der Waals surface area contributed by atoms with Crippen LogP contribution in [0.25, 0.3) is 0 Å². The molecule has 1 aromatic rings. The molecule has 1 aromatic heterocycles. The molecule has 1 aliphatic heterocycles. The molecular formula is C11H21N5O2S. The third kappa shape index (κ3) is 3.07. The molecule has 0 aromatic carbocycles. The van der Waals surface area contributed by atoms with E-state index in [2.05, 4.69) is 21.6 Å². The zero-order valence-electron chi connectivity index (χ0n) is 11.5. The van der Waals surface area contributed by atoms with E-state index in [-0.39, 0.29) is 22.7 Å². The number of rotatable bonds is 3. The molecule has 0 amide bonds. The van der Waals surface area contributed by atoms with E-state index < -0.39 is 10.0 Å². The first-order valence-electron chi connectivity index (χ1n) is 6.29. The van der Waals surface area contributed by atoms with Crippen molar-refractivity contribution in [2.24, 2.45) is 13.0 Å². The Labute approximate surface area is 113 Å². The van der Waals surface area contributed by atoms with Crippen LogP contribution in [0.1, 0.15) is 13.3 Å². The van der Waals surface area contributed by atoms with E-state index >= 15 is 0 Å². The largest absolute Gasteiger partial charge is 0.381 e. The van der Waals surface area contributed by atoms with Crippen molar-refractivity contribution >= 4 is 15.8 Å². The summed E-state index contributed by atoms with van der Waals surface area (Å²) >= 11 is 0. The lowest BCUT2D eigenvalue weighted by Gasteiger charge is -2.34. The Hall–Kier alpha value is -1.12. The lowest BCUT2D eigenvalue weighted by atomic mass is 9.95. The summed E-state index contributed by atoms with van der Waals surface area (Å²) in [4.78, 5) is 2.26. The summed E-state index contributed by atoms with van der Waals surface area (Å²) in [7, 11) is 0.0914. The highest BCUT2D eigenvalue weighted by molar-refractivity contribution is 7.89. The average Bonchev–Trinajstić information content (AvgIpc) is 2.63. The van der Waals surface area contributed by atoms with Crippen molar-refractivity contribution in [3.8, 4) is 0 Å². The van der Waals surface area contributed by atoms with Gasteiger partial charge in [0.25, 0.3) is 0 Å². The number of piperidine rings is 1. The van der Waals surface area contributed by atoms with Crippen molar-refractivity contribution in [3.63, 3.8) is 0 Å². The maximum absolute atomic E-state index is 12.3. The van der Waals surface area contributed by atoms with Crippen LogP contribution in [0.4, 0.5) is 5.82 Å². The average molecular weight is 287 g/mol. The van der Waals surface area contributed by atoms with Crippen molar-refractivity contribution in [2.75, 3.05) is 25.9 Å². The summed E-state index contributed by atoms with van der Waals surface area (Å²) < 4.78 is 28.8. The zero-order valence-corrected chi connectivity index (χ0v) is 12.3. The Morgan fingerprint density at radius 2 is 2.16 bits per heavy atom. The van der Waals surface area contributed by atoms with Gasteiger partial charge in [-0.05, 0) is 25.9 Å². The number of aryl methyl sites for hydroxylation is 1. The van der Waals surface area contributed by atoms with Crippen molar-refractivity contribution in [1.82, 2.24) is 19.4 Å². The molecule has 2 rings (SSSR count). The van der Waals surface area contributed by atoms with Crippen LogP contribution in [0, 0.1) is 5.92 Å². The van der Waals surface area contributed by atoms with Crippen LogP contribution >= 0.6 is 0 Å². The van der Waals surface area contributed by atoms with Crippen LogP contribution < -0.4 is 10.5 Å². The summed E-state index contributed by atoms with van der Waals surface area (Å²) in [6.07, 6.45) is 2.23. The topological polar surface area (TPSA) is 93.2 Å². The fourth-order valence-electron chi connectivity index (χ4n) is 2.48. The predicted molar refractivity (Wildman–Crippen MR) is 73.0 cm³/mol. The summed E-state index contributed by atoms with van der Waals surface area (Å²) in [6, 6.07) is -0.0548. The minimum Gasteiger partial charge on any atom is -0.381 e. The second-order valence-corrected chi connectivity index (χ2v) is 6.99. The van der Waals surface area contributed by atoms with E-state index in [1.54, 1.807) is 7.05 Å². The van der Waals surface area contributed by atoms with Crippen molar-refractivity contribution < 1.29 is 8.42 Å². The third-order valence-electron chi connectivity index (χ3n) is 3.53. The smallest absolute Gasteiger partial charge is 0.246 e. The maximum atomic E-state index is 12.3. The molecule has 1 fully saturated rings. The fourth-order valence-corrected chi connectivity index (χ4v) is 3.97. The van der Waals surface area contributed by atoms with Crippen LogP contribution in [0.5, 0.6) is 0 Å². The van der Waals surface area contributed by atoms with E-state index in [1.807, 2.05) is 7.05 Å². The number of nitrogens with one attached hydrogen (secondary N) is 1. The number of nitrogen functional groups attached to an aromatic ring is 1. The van der Waals surface area contributed by atoms with Crippen LogP contribution in [0.15, 0.2) is 11.1 Å². The molecule has 7 nitrogen and oxygen atoms in total. The summed E-state index contributed by atoms with van der Waals surface area (Å²) in [5, 5.41) is 3.87. The molecule has 108 valence electrons. The molecule has 3 N–H and O–H groups in total. The Balaban J connectivity index is 2.16. The van der Waals surface area contributed by atoms with E-state index in [9.17, 15) is 8.42 Å². The van der Waals surface area contributed by atoms with E-state index in [4.69, 9.17) is 5.73 Å². The van der Waals surface area contributed by atoms with Crippen molar-refractivity contribution in [3.05, 3.63) is 6.20 Å². The first kappa shape index (κ1) is 14.3. The Bertz CT molecular complexity index is 553. The lowest BCUT2D eigenvalue weighted by Crippen LogP contribution is -2.48. The highest BCUT2D eigenvalue weighted by atomic mass is 32.2. The number of hydrogen-bond donors (Lipinski definition) is 2. The molecule has 1 saturated heterocycles. The molecule has 0 radical (unpaired) electrons. The molecule has 2 heterocycles. The van der Waals surface area contributed by atoms with Crippen LogP contribution in [-0.4, -0.2) is 49.3 Å². The summed E-state index contributed by atoms with van der Waals surface area (Å²) in [6.45, 7) is 3.82. The van der Waals surface area contributed by atoms with Gasteiger partial charge in [-0.1, -0.05) is 6.92 Å². The molecule has 8 heteroatoms. The van der Waals surface area contributed by atoms with Gasteiger partial charge in [0.05, 0.1) is 0 Å². The SMILES string of the molecule is CC1CN(C)CCC1NS(=O)(=O)c1cn(C)nc1N. The van der Waals surface area contributed by atoms with Gasteiger partial charge in [-0.3, -0.25) is 4.68 Å². The molecule has 0 bridgehead atoms. The first-order valence-corrected chi connectivity index (χ1v) is 7.78. The summed E-state index contributed by atoms with van der Waals surface area (Å²) in [5.41, 5.74) is 5.63. The zero-order chi connectivity index (χ0) is 14.2. The van der Waals surface area contributed by atoms with E-state index in [0.717, 1.165) is 19.5 Å². The minimum atomic E-state index is -3.60. The van der Waals surface area contributed by atoms with Gasteiger partial charge >= 0.3 is 0 Å². The molecule has 2 atom stereocenters. The number of aromatic nitrogens is 2. The van der Waals surface area contributed by atoms with Crippen LogP contribution in [0.2, 0.25) is 0 Å². The Morgan fingerprint density at radius 3 is 2.68 bits per heavy atom. The van der Waals surface area contributed by atoms with Gasteiger partial charge in [-0.25, -0.2) is 13.1 Å². The first-order chi connectivity index (χ1) is 8.79. The molecule has 19 heavy (non-hydrogen) atoms. The molecule has 2 unspecified atom stereocenters. The van der Waals surface area contributed by atoms with Gasteiger partial charge in [0.15, 0.2) is 5.82 Å². The number of likely N-dealkylation sites (tertiary alicyclic amines) is 1. The molecular weight excluding hydrogens is 266 g/mol. The highest BCUT2D eigenvalue weighted by Gasteiger charge is 2.30. The Kier molecular flexibility index (Phi) is 3.84. The number of hydrogen-bond acceptors (Lipinski definition) is 5. The standard InChI is InChI=1S/C11H21N5O2S/c1-8-6-15(2)5-4-9(8)14-19(17,18)10-7-16(3)13-11(10)12/h7-9,14H,4-6H2,1-3H3,(H2,12,13). The molecule has 0 saturated carbocycles. The molecule has 0 aliphatic carbocycles. The van der Waals surface area contributed by atoms with E-state index in [1.165, 1.54) is 10.9 Å². The molecule has 1 aliphatic rings. The van der Waals surface area contributed by atoms with Gasteiger partial charge in [0.1, 0.15) is 4.90 Å². The maximum Gasteiger partial charge on any atom is 0.246 e. The Morgan fingerprint density at radius 1 is 1.47 bits per heavy atom. The number of nitrogens with two attached hydrogens (primary N) is 1. The predicted octanol–water partition coefficient (Wildman–Crippen LogP) is -0.379. The van der Waals surface area contributed by atoms with Crippen molar-refractivity contribution in [2.45, 2.75) is 24.3 Å². The lowest BCUT2D eigenvalue weighted by molar-refractivity contribution is 0.188. The van der Waals surface area contributed by atoms with Gasteiger partial charge in [0, 0.05) is 25.8 Å². The normalized spacial score (nSPS) is 25.6. The fraction of sp³-hybridized carbons (Fsp3) is 0.727. The van der Waals surface area contributed by atoms with Gasteiger partial charge < -0.3 is 10.6 Å².